The van der Waals surface area contributed by atoms with Gasteiger partial charge in [-0.15, -0.1) is 0 Å². The number of aromatic hydroxyl groups is 1. The lowest BCUT2D eigenvalue weighted by Gasteiger charge is -2.03. The molecule has 8 nitrogen and oxygen atoms in total. The lowest BCUT2D eigenvalue weighted by atomic mass is 10.1. The molecule has 1 aliphatic rings. The maximum absolute atomic E-state index is 12.4. The van der Waals surface area contributed by atoms with Gasteiger partial charge in [0, 0.05) is 17.7 Å². The highest BCUT2D eigenvalue weighted by Crippen LogP contribution is 2.41. The molecular formula is C20H16N2O6S. The first-order valence-corrected chi connectivity index (χ1v) is 9.34. The van der Waals surface area contributed by atoms with Crippen LogP contribution >= 0.6 is 11.8 Å². The van der Waals surface area contributed by atoms with Crippen molar-refractivity contribution in [3.63, 3.8) is 0 Å². The van der Waals surface area contributed by atoms with Crippen LogP contribution in [0.5, 0.6) is 5.75 Å². The number of esters is 1. The number of benzene rings is 2. The van der Waals surface area contributed by atoms with Crippen molar-refractivity contribution in [1.82, 2.24) is 0 Å². The van der Waals surface area contributed by atoms with Crippen LogP contribution in [0.3, 0.4) is 0 Å². The molecule has 1 aliphatic heterocycles. The number of thioether (sulfide) groups is 1. The molecular weight excluding hydrogens is 396 g/mol. The van der Waals surface area contributed by atoms with Crippen molar-refractivity contribution in [2.45, 2.75) is 6.92 Å². The average molecular weight is 412 g/mol. The number of nitrogens with zero attached hydrogens (tertiary/aromatic N) is 2. The summed E-state index contributed by atoms with van der Waals surface area (Å²) in [5.41, 5.74) is 0.414. The Morgan fingerprint density at radius 1 is 1.24 bits per heavy atom. The van der Waals surface area contributed by atoms with Crippen molar-refractivity contribution in [2.24, 2.45) is 4.99 Å². The first-order chi connectivity index (χ1) is 13.9. The number of carbonyl (C=O) groups is 1. The normalized spacial score (nSPS) is 16.4. The number of aliphatic hydroxyl groups is 1. The van der Waals surface area contributed by atoms with Gasteiger partial charge in [-0.3, -0.25) is 10.1 Å². The van der Waals surface area contributed by atoms with Crippen molar-refractivity contribution in [3.05, 3.63) is 80.4 Å². The number of non-ortho nitro benzene ring substituents is 1. The molecule has 0 fully saturated rings. The van der Waals surface area contributed by atoms with E-state index < -0.39 is 10.9 Å². The van der Waals surface area contributed by atoms with E-state index in [1.807, 2.05) is 0 Å². The molecule has 0 radical (unpaired) electrons. The van der Waals surface area contributed by atoms with Gasteiger partial charge < -0.3 is 14.9 Å². The summed E-state index contributed by atoms with van der Waals surface area (Å²) in [5, 5.41) is 31.7. The van der Waals surface area contributed by atoms with E-state index in [-0.39, 0.29) is 40.1 Å². The first kappa shape index (κ1) is 20.2. The van der Waals surface area contributed by atoms with E-state index in [0.29, 0.717) is 10.5 Å². The van der Waals surface area contributed by atoms with Gasteiger partial charge in [0.25, 0.3) is 5.69 Å². The van der Waals surface area contributed by atoms with Crippen molar-refractivity contribution < 1.29 is 24.7 Å². The summed E-state index contributed by atoms with van der Waals surface area (Å²) in [6.45, 7) is 1.73. The van der Waals surface area contributed by atoms with Crippen LogP contribution in [0.2, 0.25) is 0 Å². The number of ether oxygens (including phenoxy) is 1. The molecule has 9 heteroatoms. The van der Waals surface area contributed by atoms with Crippen LogP contribution in [0.4, 0.5) is 11.4 Å². The van der Waals surface area contributed by atoms with Gasteiger partial charge in [0.15, 0.2) is 0 Å². The molecule has 0 bridgehead atoms. The number of hydrogen-bond acceptors (Lipinski definition) is 8. The molecule has 1 heterocycles. The molecule has 148 valence electrons. The third-order valence-electron chi connectivity index (χ3n) is 3.86. The average Bonchev–Trinajstić information content (AvgIpc) is 2.99. The Bertz CT molecular complexity index is 1070. The number of nitro groups is 1. The topological polar surface area (TPSA) is 122 Å². The third kappa shape index (κ3) is 4.46. The molecule has 0 saturated heterocycles. The lowest BCUT2D eigenvalue weighted by Crippen LogP contribution is -2.12. The molecule has 2 aromatic carbocycles. The number of hydrogen-bond donors (Lipinski definition) is 2. The largest absolute Gasteiger partial charge is 0.507 e. The first-order valence-electron chi connectivity index (χ1n) is 8.52. The van der Waals surface area contributed by atoms with Gasteiger partial charge in [-0.25, -0.2) is 9.79 Å². The summed E-state index contributed by atoms with van der Waals surface area (Å²) < 4.78 is 5.01. The van der Waals surface area contributed by atoms with Gasteiger partial charge >= 0.3 is 5.97 Å². The minimum absolute atomic E-state index is 0.00941. The van der Waals surface area contributed by atoms with Gasteiger partial charge in [-0.2, -0.15) is 0 Å². The number of aliphatic hydroxyl groups excluding tert-OH is 1. The molecule has 0 unspecified atom stereocenters. The van der Waals surface area contributed by atoms with Gasteiger partial charge in [0.1, 0.15) is 22.1 Å². The van der Waals surface area contributed by atoms with Gasteiger partial charge in [0.2, 0.25) is 0 Å². The van der Waals surface area contributed by atoms with Crippen molar-refractivity contribution in [3.8, 4) is 5.75 Å². The molecule has 0 aromatic heterocycles. The fourth-order valence-corrected chi connectivity index (χ4v) is 3.56. The second-order valence-electron chi connectivity index (χ2n) is 5.81. The number of phenols is 1. The highest BCUT2D eigenvalue weighted by Gasteiger charge is 2.33. The highest BCUT2D eigenvalue weighted by atomic mass is 32.2. The molecule has 3 rings (SSSR count). The van der Waals surface area contributed by atoms with E-state index >= 15 is 0 Å². The summed E-state index contributed by atoms with van der Waals surface area (Å²) in [7, 11) is 0. The Morgan fingerprint density at radius 2 is 2.00 bits per heavy atom. The third-order valence-corrected chi connectivity index (χ3v) is 4.88. The number of para-hydroxylation sites is 1. The van der Waals surface area contributed by atoms with E-state index in [0.717, 1.165) is 11.8 Å². The number of aliphatic imine (C=N–C) groups is 1. The van der Waals surface area contributed by atoms with Crippen molar-refractivity contribution in [1.29, 1.82) is 0 Å². The standard InChI is InChI=1S/C20H16N2O6S/c1-2-28-20(25)17-18(24)16(10-12-6-3-4-9-15(12)23)29-19(17)21-13-7-5-8-14(11-13)22(26)27/h3-11,23-24H,2H2,1H3/b16-10+,21-19?. The molecule has 29 heavy (non-hydrogen) atoms. The fraction of sp³-hybridized carbons (Fsp3) is 0.100. The summed E-state index contributed by atoms with van der Waals surface area (Å²) in [5.74, 6) is -1.08. The van der Waals surface area contributed by atoms with Crippen LogP contribution < -0.4 is 0 Å². The van der Waals surface area contributed by atoms with Crippen molar-refractivity contribution in [2.75, 3.05) is 6.61 Å². The fourth-order valence-electron chi connectivity index (χ4n) is 2.54. The lowest BCUT2D eigenvalue weighted by molar-refractivity contribution is -0.384. The van der Waals surface area contributed by atoms with Gasteiger partial charge in [-0.1, -0.05) is 36.0 Å². The van der Waals surface area contributed by atoms with Crippen LogP contribution in [-0.2, 0) is 9.53 Å². The van der Waals surface area contributed by atoms with E-state index in [1.165, 1.54) is 30.3 Å². The Kier molecular flexibility index (Phi) is 5.99. The van der Waals surface area contributed by atoms with Crippen LogP contribution in [0.1, 0.15) is 12.5 Å². The molecule has 0 atom stereocenters. The van der Waals surface area contributed by atoms with E-state index in [9.17, 15) is 25.1 Å². The van der Waals surface area contributed by atoms with Crippen molar-refractivity contribution >= 4 is 40.2 Å². The minimum Gasteiger partial charge on any atom is -0.507 e. The van der Waals surface area contributed by atoms with Gasteiger partial charge in [0.05, 0.1) is 22.1 Å². The summed E-state index contributed by atoms with van der Waals surface area (Å²) in [4.78, 5) is 27.4. The zero-order valence-corrected chi connectivity index (χ0v) is 16.0. The van der Waals surface area contributed by atoms with Crippen LogP contribution in [0.25, 0.3) is 6.08 Å². The predicted molar refractivity (Wildman–Crippen MR) is 110 cm³/mol. The van der Waals surface area contributed by atoms with E-state index in [4.69, 9.17) is 4.74 Å². The monoisotopic (exact) mass is 412 g/mol. The van der Waals surface area contributed by atoms with E-state index in [1.54, 1.807) is 31.2 Å². The maximum atomic E-state index is 12.4. The van der Waals surface area contributed by atoms with Crippen LogP contribution in [-0.4, -0.2) is 32.8 Å². The molecule has 0 amide bonds. The predicted octanol–water partition coefficient (Wildman–Crippen LogP) is 4.49. The molecule has 0 saturated carbocycles. The number of phenolic OH excluding ortho intramolecular Hbond substituents is 1. The Hall–Kier alpha value is -3.59. The smallest absolute Gasteiger partial charge is 0.344 e. The summed E-state index contributed by atoms with van der Waals surface area (Å²) in [6, 6.07) is 12.1. The molecule has 0 spiro atoms. The number of rotatable bonds is 5. The Balaban J connectivity index is 2.07. The highest BCUT2D eigenvalue weighted by molar-refractivity contribution is 8.18. The van der Waals surface area contributed by atoms with E-state index in [2.05, 4.69) is 4.99 Å². The van der Waals surface area contributed by atoms with Crippen LogP contribution in [0.15, 0.2) is 69.8 Å². The number of carbonyl (C=O) groups excluding carboxylic acids is 1. The molecule has 2 N–H and O–H groups in total. The zero-order valence-electron chi connectivity index (χ0n) is 15.2. The second kappa shape index (κ2) is 8.61. The van der Waals surface area contributed by atoms with Crippen LogP contribution in [0, 0.1) is 10.1 Å². The quantitative estimate of drug-likeness (QED) is 0.421. The minimum atomic E-state index is -0.762. The Morgan fingerprint density at radius 3 is 2.69 bits per heavy atom. The molecule has 0 aliphatic carbocycles. The van der Waals surface area contributed by atoms with Gasteiger partial charge in [-0.05, 0) is 25.1 Å². The molecule has 2 aromatic rings. The second-order valence-corrected chi connectivity index (χ2v) is 6.84. The SMILES string of the molecule is CCOC(=O)C1=C(O)/C(=C\c2ccccc2O)SC1=Nc1cccc([N+](=O)[O-])c1. The maximum Gasteiger partial charge on any atom is 0.344 e. The summed E-state index contributed by atoms with van der Waals surface area (Å²) in [6.07, 6.45) is 1.52. The number of nitro benzene ring substituents is 1. The Labute approximate surface area is 170 Å². The zero-order chi connectivity index (χ0) is 21.0. The summed E-state index contributed by atoms with van der Waals surface area (Å²) >= 11 is 0.999.